The fraction of sp³-hybridized carbons (Fsp3) is 0.250. The molecule has 1 unspecified atom stereocenters. The molecule has 0 saturated carbocycles. The first-order valence-corrected chi connectivity index (χ1v) is 7.06. The second-order valence-corrected chi connectivity index (χ2v) is 5.68. The van der Waals surface area contributed by atoms with Gasteiger partial charge < -0.3 is 10.2 Å². The van der Waals surface area contributed by atoms with Crippen LogP contribution in [0.3, 0.4) is 0 Å². The van der Waals surface area contributed by atoms with Crippen LogP contribution in [0.1, 0.15) is 11.1 Å². The molecule has 1 N–H and O–H groups in total. The highest BCUT2D eigenvalue weighted by atomic mass is 35.5. The molecule has 2 aromatic rings. The second-order valence-electron chi connectivity index (χ2n) is 5.27. The van der Waals surface area contributed by atoms with Crippen molar-refractivity contribution >= 4 is 23.0 Å². The first kappa shape index (κ1) is 11.2. The maximum atomic E-state index is 6.41. The number of anilines is 2. The number of hydrogen-bond donors (Lipinski definition) is 1. The van der Waals surface area contributed by atoms with Gasteiger partial charge in [-0.3, -0.25) is 0 Å². The summed E-state index contributed by atoms with van der Waals surface area (Å²) in [5, 5.41) is 4.35. The Bertz CT molecular complexity index is 638. The van der Waals surface area contributed by atoms with E-state index < -0.39 is 0 Å². The third kappa shape index (κ3) is 1.71. The lowest BCUT2D eigenvalue weighted by molar-refractivity contribution is 0.562. The summed E-state index contributed by atoms with van der Waals surface area (Å²) >= 11 is 6.41. The molecule has 0 aromatic heterocycles. The van der Waals surface area contributed by atoms with Crippen molar-refractivity contribution in [3.63, 3.8) is 0 Å². The number of halogens is 1. The molecule has 0 spiro atoms. The molecule has 0 aliphatic carbocycles. The molecule has 2 heterocycles. The van der Waals surface area contributed by atoms with Crippen molar-refractivity contribution in [3.8, 4) is 0 Å². The van der Waals surface area contributed by atoms with Crippen LogP contribution in [-0.2, 0) is 13.0 Å². The number of para-hydroxylation sites is 1. The summed E-state index contributed by atoms with van der Waals surface area (Å²) in [4.78, 5) is 2.45. The van der Waals surface area contributed by atoms with Gasteiger partial charge in [-0.15, -0.1) is 0 Å². The van der Waals surface area contributed by atoms with Crippen molar-refractivity contribution < 1.29 is 0 Å². The third-order valence-electron chi connectivity index (χ3n) is 4.16. The molecule has 0 amide bonds. The molecule has 0 saturated heterocycles. The Balaban J connectivity index is 1.82. The van der Waals surface area contributed by atoms with Crippen LogP contribution in [0, 0.1) is 0 Å². The normalized spacial score (nSPS) is 20.1. The van der Waals surface area contributed by atoms with Crippen LogP contribution in [0.2, 0.25) is 5.02 Å². The van der Waals surface area contributed by atoms with Crippen LogP contribution in [-0.4, -0.2) is 12.6 Å². The minimum Gasteiger partial charge on any atom is -0.381 e. The lowest BCUT2D eigenvalue weighted by Crippen LogP contribution is -2.47. The number of benzene rings is 2. The average Bonchev–Trinajstić information content (AvgIpc) is 2.45. The summed E-state index contributed by atoms with van der Waals surface area (Å²) in [6, 6.07) is 15.3. The summed E-state index contributed by atoms with van der Waals surface area (Å²) in [6.45, 7) is 1.95. The van der Waals surface area contributed by atoms with Crippen LogP contribution in [0.15, 0.2) is 42.5 Å². The molecule has 0 fully saturated rings. The van der Waals surface area contributed by atoms with Gasteiger partial charge in [0.15, 0.2) is 0 Å². The van der Waals surface area contributed by atoms with Gasteiger partial charge in [0.1, 0.15) is 0 Å². The third-order valence-corrected chi connectivity index (χ3v) is 4.46. The van der Waals surface area contributed by atoms with E-state index in [1.807, 2.05) is 12.1 Å². The van der Waals surface area contributed by atoms with E-state index in [-0.39, 0.29) is 0 Å². The van der Waals surface area contributed by atoms with E-state index in [2.05, 4.69) is 40.5 Å². The molecule has 4 rings (SSSR count). The van der Waals surface area contributed by atoms with Gasteiger partial charge in [0.05, 0.1) is 22.4 Å². The van der Waals surface area contributed by atoms with Crippen LogP contribution in [0.25, 0.3) is 0 Å². The number of fused-ring (bicyclic) bond motifs is 4. The van der Waals surface area contributed by atoms with Gasteiger partial charge in [0.2, 0.25) is 0 Å². The van der Waals surface area contributed by atoms with E-state index >= 15 is 0 Å². The maximum Gasteiger partial charge on any atom is 0.0797 e. The Hall–Kier alpha value is -1.67. The molecule has 2 aliphatic heterocycles. The van der Waals surface area contributed by atoms with Crippen molar-refractivity contribution in [1.82, 2.24) is 0 Å². The monoisotopic (exact) mass is 270 g/mol. The Kier molecular flexibility index (Phi) is 2.46. The van der Waals surface area contributed by atoms with Crippen LogP contribution in [0.5, 0.6) is 0 Å². The van der Waals surface area contributed by atoms with E-state index in [0.717, 1.165) is 35.9 Å². The lowest BCUT2D eigenvalue weighted by atomic mass is 9.92. The molecular formula is C16H15ClN2. The van der Waals surface area contributed by atoms with Gasteiger partial charge >= 0.3 is 0 Å². The second kappa shape index (κ2) is 4.17. The van der Waals surface area contributed by atoms with Gasteiger partial charge in [-0.1, -0.05) is 41.9 Å². The SMILES string of the molecule is Clc1cccc2c1N1Cc3ccccc3CC1CN2. The highest BCUT2D eigenvalue weighted by molar-refractivity contribution is 6.34. The Morgan fingerprint density at radius 3 is 2.79 bits per heavy atom. The van der Waals surface area contributed by atoms with Gasteiger partial charge in [-0.2, -0.15) is 0 Å². The van der Waals surface area contributed by atoms with Gasteiger partial charge in [-0.05, 0) is 29.7 Å². The molecule has 2 aliphatic rings. The summed E-state index contributed by atoms with van der Waals surface area (Å²) in [7, 11) is 0. The Labute approximate surface area is 118 Å². The van der Waals surface area contributed by atoms with E-state index in [9.17, 15) is 0 Å². The van der Waals surface area contributed by atoms with Crippen LogP contribution in [0.4, 0.5) is 11.4 Å². The first-order valence-electron chi connectivity index (χ1n) is 6.69. The zero-order valence-corrected chi connectivity index (χ0v) is 11.3. The summed E-state index contributed by atoms with van der Waals surface area (Å²) in [6.07, 6.45) is 1.09. The van der Waals surface area contributed by atoms with E-state index in [1.165, 1.54) is 11.1 Å². The molecule has 1 atom stereocenters. The van der Waals surface area contributed by atoms with E-state index in [1.54, 1.807) is 0 Å². The highest BCUT2D eigenvalue weighted by Gasteiger charge is 2.31. The van der Waals surface area contributed by atoms with Crippen LogP contribution >= 0.6 is 11.6 Å². The quantitative estimate of drug-likeness (QED) is 0.785. The molecule has 3 heteroatoms. The first-order chi connectivity index (χ1) is 9.33. The smallest absolute Gasteiger partial charge is 0.0797 e. The largest absolute Gasteiger partial charge is 0.381 e. The molecule has 19 heavy (non-hydrogen) atoms. The van der Waals surface area contributed by atoms with Gasteiger partial charge in [-0.25, -0.2) is 0 Å². The minimum absolute atomic E-state index is 0.502. The van der Waals surface area contributed by atoms with Crippen molar-refractivity contribution in [2.75, 3.05) is 16.8 Å². The molecule has 0 radical (unpaired) electrons. The Morgan fingerprint density at radius 1 is 1.05 bits per heavy atom. The van der Waals surface area contributed by atoms with Gasteiger partial charge in [0.25, 0.3) is 0 Å². The maximum absolute atomic E-state index is 6.41. The minimum atomic E-state index is 0.502. The van der Waals surface area contributed by atoms with Crippen molar-refractivity contribution in [2.24, 2.45) is 0 Å². The fourth-order valence-electron chi connectivity index (χ4n) is 3.21. The van der Waals surface area contributed by atoms with E-state index in [4.69, 9.17) is 11.6 Å². The zero-order valence-electron chi connectivity index (χ0n) is 10.6. The number of nitrogens with one attached hydrogen (secondary N) is 1. The Morgan fingerprint density at radius 2 is 1.89 bits per heavy atom. The summed E-state index contributed by atoms with van der Waals surface area (Å²) in [5.74, 6) is 0. The molecular weight excluding hydrogens is 256 g/mol. The molecule has 0 bridgehead atoms. The zero-order chi connectivity index (χ0) is 12.8. The van der Waals surface area contributed by atoms with Crippen LogP contribution < -0.4 is 10.2 Å². The summed E-state index contributed by atoms with van der Waals surface area (Å²) in [5.41, 5.74) is 5.21. The molecule has 2 nitrogen and oxygen atoms in total. The van der Waals surface area contributed by atoms with Crippen molar-refractivity contribution in [3.05, 3.63) is 58.6 Å². The highest BCUT2D eigenvalue weighted by Crippen LogP contribution is 2.41. The fourth-order valence-corrected chi connectivity index (χ4v) is 3.49. The number of nitrogens with zero attached hydrogens (tertiary/aromatic N) is 1. The van der Waals surface area contributed by atoms with Crippen molar-refractivity contribution in [1.29, 1.82) is 0 Å². The predicted molar refractivity (Wildman–Crippen MR) is 80.1 cm³/mol. The number of hydrogen-bond acceptors (Lipinski definition) is 2. The van der Waals surface area contributed by atoms with E-state index in [0.29, 0.717) is 6.04 Å². The lowest BCUT2D eigenvalue weighted by Gasteiger charge is -2.43. The number of rotatable bonds is 0. The average molecular weight is 271 g/mol. The standard InChI is InChI=1S/C16H15ClN2/c17-14-6-3-7-15-16(14)19-10-12-5-2-1-4-11(12)8-13(19)9-18-15/h1-7,13,18H,8-10H2. The predicted octanol–water partition coefficient (Wildman–Crippen LogP) is 3.70. The molecule has 2 aromatic carbocycles. The summed E-state index contributed by atoms with van der Waals surface area (Å²) < 4.78 is 0. The van der Waals surface area contributed by atoms with Gasteiger partial charge in [0, 0.05) is 13.1 Å². The van der Waals surface area contributed by atoms with Crippen molar-refractivity contribution in [2.45, 2.75) is 19.0 Å². The topological polar surface area (TPSA) is 15.3 Å². The molecule has 96 valence electrons.